The Labute approximate surface area is 109 Å². The molecule has 3 atom stereocenters. The Morgan fingerprint density at radius 1 is 1.41 bits per heavy atom. The zero-order chi connectivity index (χ0) is 12.6. The van der Waals surface area contributed by atoms with E-state index in [2.05, 4.69) is 0 Å². The molecular weight excluding hydrogens is 263 g/mol. The Bertz CT molecular complexity index is 478. The van der Waals surface area contributed by atoms with Crippen LogP contribution in [0.25, 0.3) is 5.53 Å². The molecule has 17 heavy (non-hydrogen) atoms. The van der Waals surface area contributed by atoms with Crippen LogP contribution in [0.1, 0.15) is 32.6 Å². The van der Waals surface area contributed by atoms with Crippen LogP contribution in [0.3, 0.4) is 0 Å². The minimum Gasteiger partial charge on any atom is -0.505 e. The molecule has 4 aliphatic rings. The highest BCUT2D eigenvalue weighted by molar-refractivity contribution is 6.54. The van der Waals surface area contributed by atoms with Crippen molar-refractivity contribution in [3.63, 3.8) is 0 Å². The number of carbonyl (C=O) groups is 2. The van der Waals surface area contributed by atoms with E-state index in [9.17, 15) is 15.1 Å². The Morgan fingerprint density at radius 3 is 2.65 bits per heavy atom. The molecule has 2 heterocycles. The normalized spacial score (nSPS) is 47.3. The van der Waals surface area contributed by atoms with Gasteiger partial charge in [-0.15, -0.1) is 0 Å². The molecule has 4 fully saturated rings. The van der Waals surface area contributed by atoms with Crippen LogP contribution in [0.15, 0.2) is 0 Å². The van der Waals surface area contributed by atoms with Gasteiger partial charge in [-0.2, -0.15) is 0 Å². The molecule has 2 aliphatic heterocycles. The summed E-state index contributed by atoms with van der Waals surface area (Å²) in [7, 11) is 0. The summed E-state index contributed by atoms with van der Waals surface area (Å²) in [5.41, 5.74) is 7.78. The molecule has 92 valence electrons. The first-order valence-corrected chi connectivity index (χ1v) is 6.57. The van der Waals surface area contributed by atoms with Crippen LogP contribution in [0.5, 0.6) is 0 Å². The fourth-order valence-corrected chi connectivity index (χ4v) is 4.80. The highest BCUT2D eigenvalue weighted by atomic mass is 35.5. The second-order valence-electron chi connectivity index (χ2n) is 5.45. The van der Waals surface area contributed by atoms with Gasteiger partial charge in [0.15, 0.2) is 4.84 Å². The smallest absolute Gasteiger partial charge is 0.235 e. The summed E-state index contributed by atoms with van der Waals surface area (Å²) in [5.74, 6) is -0.349. The van der Waals surface area contributed by atoms with E-state index in [1.54, 1.807) is 0 Å². The maximum absolute atomic E-state index is 12.2. The van der Waals surface area contributed by atoms with Crippen molar-refractivity contribution in [1.29, 1.82) is 0 Å². The first-order chi connectivity index (χ1) is 7.84. The Kier molecular flexibility index (Phi) is 1.99. The standard InChI is InChI=1S/C11H12Cl2N2O2/c1-9-3-2-6(16)10(9)4-5-11(9,15(10)14)7(17)8(12)13/h8H,2-5H2,1H3. The summed E-state index contributed by atoms with van der Waals surface area (Å²) in [6.07, 6.45) is 2.01. The van der Waals surface area contributed by atoms with Crippen molar-refractivity contribution in [2.24, 2.45) is 5.41 Å². The summed E-state index contributed by atoms with van der Waals surface area (Å²) >= 11 is 11.3. The Balaban J connectivity index is 2.15. The number of fused-ring (bicyclic) bond motifs is 1. The zero-order valence-corrected chi connectivity index (χ0v) is 10.9. The van der Waals surface area contributed by atoms with E-state index >= 15 is 0 Å². The maximum Gasteiger partial charge on any atom is 0.235 e. The summed E-state index contributed by atoms with van der Waals surface area (Å²) in [6, 6.07) is 0. The maximum atomic E-state index is 12.2. The number of rotatable bonds is 2. The third-order valence-electron chi connectivity index (χ3n) is 5.32. The number of Topliss-reactive ketones (excluding diaryl/α,β-unsaturated/α-hetero) is 2. The average Bonchev–Trinajstić information content (AvgIpc) is 2.82. The number of hydrogen-bond acceptors (Lipinski definition) is 2. The largest absolute Gasteiger partial charge is 0.505 e. The van der Waals surface area contributed by atoms with Crippen molar-refractivity contribution in [2.75, 3.05) is 0 Å². The van der Waals surface area contributed by atoms with Crippen LogP contribution in [-0.4, -0.2) is 32.2 Å². The van der Waals surface area contributed by atoms with Gasteiger partial charge in [-0.05, 0) is 13.3 Å². The van der Waals surface area contributed by atoms with Crippen molar-refractivity contribution < 1.29 is 14.3 Å². The molecule has 6 heteroatoms. The highest BCUT2D eigenvalue weighted by Crippen LogP contribution is 2.73. The third kappa shape index (κ3) is 0.828. The van der Waals surface area contributed by atoms with Crippen LogP contribution >= 0.6 is 23.2 Å². The quantitative estimate of drug-likeness (QED) is 0.572. The molecular formula is C11H12Cl2N2O2. The van der Waals surface area contributed by atoms with E-state index in [1.807, 2.05) is 6.92 Å². The van der Waals surface area contributed by atoms with Gasteiger partial charge in [-0.3, -0.25) is 14.3 Å². The number of alkyl halides is 2. The monoisotopic (exact) mass is 274 g/mol. The van der Waals surface area contributed by atoms with Crippen molar-refractivity contribution in [1.82, 2.24) is 0 Å². The lowest BCUT2D eigenvalue weighted by Gasteiger charge is -2.56. The molecule has 0 aromatic heterocycles. The topological polar surface area (TPSA) is 59.5 Å². The van der Waals surface area contributed by atoms with Crippen molar-refractivity contribution in [3.05, 3.63) is 5.53 Å². The van der Waals surface area contributed by atoms with E-state index in [0.717, 1.165) is 4.70 Å². The number of hydrogen-bond donors (Lipinski definition) is 0. The van der Waals surface area contributed by atoms with Crippen molar-refractivity contribution >= 4 is 34.8 Å². The van der Waals surface area contributed by atoms with Crippen LogP contribution in [0.2, 0.25) is 0 Å². The van der Waals surface area contributed by atoms with E-state index in [0.29, 0.717) is 25.7 Å². The molecule has 0 aromatic carbocycles. The van der Waals surface area contributed by atoms with Gasteiger partial charge in [0.05, 0.1) is 0 Å². The minimum atomic E-state index is -1.16. The van der Waals surface area contributed by atoms with Gasteiger partial charge in [0, 0.05) is 19.3 Å². The number of carbonyl (C=O) groups excluding carboxylic acids is 2. The molecule has 4 nitrogen and oxygen atoms in total. The lowest BCUT2D eigenvalue weighted by atomic mass is 9.56. The molecule has 0 N–H and O–H groups in total. The Morgan fingerprint density at radius 2 is 2.06 bits per heavy atom. The van der Waals surface area contributed by atoms with Gasteiger partial charge in [-0.1, -0.05) is 23.2 Å². The molecule has 2 saturated heterocycles. The lowest BCUT2D eigenvalue weighted by molar-refractivity contribution is -0.746. The molecule has 3 unspecified atom stereocenters. The predicted molar refractivity (Wildman–Crippen MR) is 61.2 cm³/mol. The first-order valence-electron chi connectivity index (χ1n) is 5.69. The predicted octanol–water partition coefficient (Wildman–Crippen LogP) is 2.05. The molecule has 0 aromatic rings. The second-order valence-corrected chi connectivity index (χ2v) is 6.55. The van der Waals surface area contributed by atoms with E-state index < -0.39 is 21.3 Å². The van der Waals surface area contributed by atoms with Crippen LogP contribution in [0, 0.1) is 5.41 Å². The lowest BCUT2D eigenvalue weighted by Crippen LogP contribution is -2.78. The van der Waals surface area contributed by atoms with E-state index in [4.69, 9.17) is 23.2 Å². The second kappa shape index (κ2) is 2.91. The van der Waals surface area contributed by atoms with Crippen LogP contribution < -0.4 is 0 Å². The summed E-state index contributed by atoms with van der Waals surface area (Å²) in [4.78, 5) is 23.0. The van der Waals surface area contributed by atoms with Crippen molar-refractivity contribution in [3.8, 4) is 0 Å². The minimum absolute atomic E-state index is 0.0316. The number of halogens is 2. The SMILES string of the molecule is CC12CCC(=O)C13CCC2(C(=O)C(Cl)Cl)[N+]3=[N-]. The molecule has 2 aliphatic carbocycles. The number of nitrogens with zero attached hydrogens (tertiary/aromatic N) is 2. The molecule has 2 bridgehead atoms. The van der Waals surface area contributed by atoms with Gasteiger partial charge in [0.25, 0.3) is 0 Å². The van der Waals surface area contributed by atoms with Gasteiger partial charge in [0.2, 0.25) is 22.6 Å². The molecule has 0 radical (unpaired) electrons. The Hall–Kier alpha value is -0.480. The van der Waals surface area contributed by atoms with Crippen LogP contribution in [-0.2, 0) is 9.59 Å². The molecule has 1 spiro atoms. The fraction of sp³-hybridized carbons (Fsp3) is 0.818. The van der Waals surface area contributed by atoms with Crippen LogP contribution in [0.4, 0.5) is 0 Å². The summed E-state index contributed by atoms with van der Waals surface area (Å²) < 4.78 is 0.954. The molecule has 0 amide bonds. The van der Waals surface area contributed by atoms with Gasteiger partial charge >= 0.3 is 0 Å². The van der Waals surface area contributed by atoms with Crippen molar-refractivity contribution in [2.45, 2.75) is 48.5 Å². The summed E-state index contributed by atoms with van der Waals surface area (Å²) in [6.45, 7) is 1.89. The highest BCUT2D eigenvalue weighted by Gasteiger charge is 2.92. The first kappa shape index (κ1) is 11.6. The average molecular weight is 275 g/mol. The molecule has 2 saturated carbocycles. The molecule has 4 rings (SSSR count). The van der Waals surface area contributed by atoms with E-state index in [1.165, 1.54) is 0 Å². The zero-order valence-electron chi connectivity index (χ0n) is 9.37. The third-order valence-corrected chi connectivity index (χ3v) is 5.71. The summed E-state index contributed by atoms with van der Waals surface area (Å²) in [5, 5.41) is 0. The van der Waals surface area contributed by atoms with Gasteiger partial charge < -0.3 is 5.53 Å². The van der Waals surface area contributed by atoms with E-state index in [-0.39, 0.29) is 11.6 Å². The number of ketones is 2. The van der Waals surface area contributed by atoms with Gasteiger partial charge in [-0.25, -0.2) is 0 Å². The van der Waals surface area contributed by atoms with Gasteiger partial charge in [0.1, 0.15) is 5.41 Å². The fourth-order valence-electron chi connectivity index (χ4n) is 4.44.